The molecule has 0 heterocycles. The molecule has 0 amide bonds. The Labute approximate surface area is 116 Å². The Morgan fingerprint density at radius 1 is 1.33 bits per heavy atom. The molecule has 0 saturated heterocycles. The molecule has 1 aromatic rings. The van der Waals surface area contributed by atoms with Gasteiger partial charge in [-0.3, -0.25) is 0 Å². The second-order valence-electron chi connectivity index (χ2n) is 3.44. The van der Waals surface area contributed by atoms with E-state index in [9.17, 15) is 8.42 Å². The van der Waals surface area contributed by atoms with Gasteiger partial charge in [-0.1, -0.05) is 23.2 Å². The molecule has 0 unspecified atom stereocenters. The Morgan fingerprint density at radius 3 is 2.33 bits per heavy atom. The highest BCUT2D eigenvalue weighted by Gasteiger charge is 2.22. The minimum Gasteiger partial charge on any atom is -0.395 e. The molecule has 102 valence electrons. The first-order valence-electron chi connectivity index (χ1n) is 4.99. The molecular weight excluding hydrogens is 301 g/mol. The number of benzene rings is 1. The van der Waals surface area contributed by atoms with E-state index < -0.39 is 10.0 Å². The summed E-state index contributed by atoms with van der Waals surface area (Å²) in [5, 5.41) is 8.65. The largest absolute Gasteiger partial charge is 0.395 e. The zero-order valence-electron chi connectivity index (χ0n) is 9.61. The summed E-state index contributed by atoms with van der Waals surface area (Å²) in [7, 11) is -2.32. The molecule has 1 rings (SSSR count). The molecule has 0 saturated carbocycles. The topological polar surface area (TPSA) is 75.6 Å². The third-order valence-corrected chi connectivity index (χ3v) is 4.42. The molecule has 2 N–H and O–H groups in total. The summed E-state index contributed by atoms with van der Waals surface area (Å²) in [6.45, 7) is -0.130. The summed E-state index contributed by atoms with van der Waals surface area (Å²) in [6, 6.07) is 2.95. The van der Waals surface area contributed by atoms with Gasteiger partial charge in [0.1, 0.15) is 4.90 Å². The molecule has 1 aromatic carbocycles. The fourth-order valence-electron chi connectivity index (χ4n) is 1.37. The maximum Gasteiger partial charge on any atom is 0.243 e. The Morgan fingerprint density at radius 2 is 1.89 bits per heavy atom. The van der Waals surface area contributed by atoms with Crippen molar-refractivity contribution in [3.63, 3.8) is 0 Å². The van der Waals surface area contributed by atoms with Crippen LogP contribution < -0.4 is 4.72 Å². The number of sulfonamides is 1. The molecule has 0 aliphatic heterocycles. The molecule has 8 heteroatoms. The molecule has 0 atom stereocenters. The Balaban J connectivity index is 3.17. The fourth-order valence-corrected chi connectivity index (χ4v) is 3.65. The fraction of sp³-hybridized carbons (Fsp3) is 0.400. The maximum absolute atomic E-state index is 11.9. The van der Waals surface area contributed by atoms with E-state index in [0.29, 0.717) is 5.56 Å². The van der Waals surface area contributed by atoms with Crippen LogP contribution in [0.5, 0.6) is 0 Å². The minimum atomic E-state index is -3.83. The Bertz CT molecular complexity index is 496. The summed E-state index contributed by atoms with van der Waals surface area (Å²) in [6.07, 6.45) is 0. The lowest BCUT2D eigenvalue weighted by Gasteiger charge is -2.11. The van der Waals surface area contributed by atoms with Crippen LogP contribution in [-0.2, 0) is 21.4 Å². The molecule has 0 fully saturated rings. The van der Waals surface area contributed by atoms with Gasteiger partial charge in [0.2, 0.25) is 10.0 Å². The number of hydrogen-bond acceptors (Lipinski definition) is 4. The van der Waals surface area contributed by atoms with Crippen LogP contribution in [-0.4, -0.2) is 33.8 Å². The molecule has 0 radical (unpaired) electrons. The standard InChI is InChI=1S/C10H13Cl2NO4S/c1-17-6-7-4-8(11)10(9(12)5-7)18(15,16)13-2-3-14/h4-5,13-14H,2-3,6H2,1H3. The highest BCUT2D eigenvalue weighted by Crippen LogP contribution is 2.30. The molecule has 0 spiro atoms. The predicted octanol–water partition coefficient (Wildman–Crippen LogP) is 1.41. The van der Waals surface area contributed by atoms with E-state index in [0.717, 1.165) is 0 Å². The first kappa shape index (κ1) is 15.7. The van der Waals surface area contributed by atoms with Gasteiger partial charge < -0.3 is 9.84 Å². The number of aliphatic hydroxyl groups is 1. The van der Waals surface area contributed by atoms with Gasteiger partial charge in [0, 0.05) is 13.7 Å². The molecule has 0 aliphatic carbocycles. The van der Waals surface area contributed by atoms with Crippen LogP contribution >= 0.6 is 23.2 Å². The summed E-state index contributed by atoms with van der Waals surface area (Å²) < 4.78 is 30.9. The average molecular weight is 314 g/mol. The first-order chi connectivity index (χ1) is 8.42. The summed E-state index contributed by atoms with van der Waals surface area (Å²) in [5.41, 5.74) is 0.675. The van der Waals surface area contributed by atoms with E-state index in [4.69, 9.17) is 33.0 Å². The number of methoxy groups -OCH3 is 1. The molecule has 0 aliphatic rings. The van der Waals surface area contributed by atoms with Crippen LogP contribution in [0, 0.1) is 0 Å². The number of rotatable bonds is 6. The van der Waals surface area contributed by atoms with Crippen molar-refractivity contribution in [3.8, 4) is 0 Å². The van der Waals surface area contributed by atoms with E-state index in [2.05, 4.69) is 4.72 Å². The number of ether oxygens (including phenoxy) is 1. The van der Waals surface area contributed by atoms with Crippen molar-refractivity contribution in [2.24, 2.45) is 0 Å². The molecule has 5 nitrogen and oxygen atoms in total. The molecular formula is C10H13Cl2NO4S. The van der Waals surface area contributed by atoms with Crippen molar-refractivity contribution in [2.45, 2.75) is 11.5 Å². The number of halogens is 2. The van der Waals surface area contributed by atoms with Crippen LogP contribution in [0.1, 0.15) is 5.56 Å². The first-order valence-corrected chi connectivity index (χ1v) is 7.23. The van der Waals surface area contributed by atoms with Crippen LogP contribution in [0.2, 0.25) is 10.0 Å². The second-order valence-corrected chi connectivity index (χ2v) is 5.96. The highest BCUT2D eigenvalue weighted by atomic mass is 35.5. The van der Waals surface area contributed by atoms with Crippen molar-refractivity contribution in [1.82, 2.24) is 4.72 Å². The summed E-state index contributed by atoms with van der Waals surface area (Å²) in [5.74, 6) is 0. The Kier molecular flexibility index (Phi) is 5.84. The number of hydrogen-bond donors (Lipinski definition) is 2. The van der Waals surface area contributed by atoms with Gasteiger partial charge in [0.25, 0.3) is 0 Å². The van der Waals surface area contributed by atoms with E-state index in [-0.39, 0.29) is 34.7 Å². The van der Waals surface area contributed by atoms with Gasteiger partial charge >= 0.3 is 0 Å². The highest BCUT2D eigenvalue weighted by molar-refractivity contribution is 7.89. The molecule has 0 aromatic heterocycles. The van der Waals surface area contributed by atoms with Crippen LogP contribution in [0.25, 0.3) is 0 Å². The van der Waals surface area contributed by atoms with E-state index >= 15 is 0 Å². The number of nitrogens with one attached hydrogen (secondary N) is 1. The molecule has 0 bridgehead atoms. The van der Waals surface area contributed by atoms with E-state index in [1.807, 2.05) is 0 Å². The van der Waals surface area contributed by atoms with Gasteiger partial charge in [-0.05, 0) is 17.7 Å². The van der Waals surface area contributed by atoms with Crippen molar-refractivity contribution in [2.75, 3.05) is 20.3 Å². The molecule has 18 heavy (non-hydrogen) atoms. The van der Waals surface area contributed by atoms with Crippen molar-refractivity contribution in [1.29, 1.82) is 0 Å². The van der Waals surface area contributed by atoms with Crippen LogP contribution in [0.3, 0.4) is 0 Å². The van der Waals surface area contributed by atoms with Crippen LogP contribution in [0.15, 0.2) is 17.0 Å². The van der Waals surface area contributed by atoms with E-state index in [1.165, 1.54) is 19.2 Å². The quantitative estimate of drug-likeness (QED) is 0.832. The smallest absolute Gasteiger partial charge is 0.243 e. The lowest BCUT2D eigenvalue weighted by atomic mass is 10.2. The predicted molar refractivity (Wildman–Crippen MR) is 69.4 cm³/mol. The summed E-state index contributed by atoms with van der Waals surface area (Å²) >= 11 is 11.8. The minimum absolute atomic E-state index is 0.0139. The van der Waals surface area contributed by atoms with Gasteiger partial charge in [-0.15, -0.1) is 0 Å². The second kappa shape index (κ2) is 6.70. The Hall–Kier alpha value is -0.370. The van der Waals surface area contributed by atoms with Gasteiger partial charge in [0.15, 0.2) is 0 Å². The van der Waals surface area contributed by atoms with Crippen molar-refractivity contribution < 1.29 is 18.3 Å². The van der Waals surface area contributed by atoms with Crippen molar-refractivity contribution in [3.05, 3.63) is 27.7 Å². The van der Waals surface area contributed by atoms with E-state index in [1.54, 1.807) is 0 Å². The average Bonchev–Trinajstić information content (AvgIpc) is 2.25. The van der Waals surface area contributed by atoms with Crippen molar-refractivity contribution >= 4 is 33.2 Å². The maximum atomic E-state index is 11.9. The lowest BCUT2D eigenvalue weighted by Crippen LogP contribution is -2.27. The van der Waals surface area contributed by atoms with Gasteiger partial charge in [-0.2, -0.15) is 0 Å². The normalized spacial score (nSPS) is 11.8. The number of aliphatic hydroxyl groups excluding tert-OH is 1. The lowest BCUT2D eigenvalue weighted by molar-refractivity contribution is 0.185. The third kappa shape index (κ3) is 3.81. The zero-order chi connectivity index (χ0) is 13.8. The monoisotopic (exact) mass is 313 g/mol. The van der Waals surface area contributed by atoms with Crippen LogP contribution in [0.4, 0.5) is 0 Å². The van der Waals surface area contributed by atoms with Gasteiger partial charge in [-0.25, -0.2) is 13.1 Å². The van der Waals surface area contributed by atoms with Gasteiger partial charge in [0.05, 0.1) is 23.3 Å². The third-order valence-electron chi connectivity index (χ3n) is 2.04. The SMILES string of the molecule is COCc1cc(Cl)c(S(=O)(=O)NCCO)c(Cl)c1. The summed E-state index contributed by atoms with van der Waals surface area (Å²) in [4.78, 5) is -0.195. The zero-order valence-corrected chi connectivity index (χ0v) is 11.9.